The summed E-state index contributed by atoms with van der Waals surface area (Å²) in [5.41, 5.74) is 2.81. The number of nitrogens with zero attached hydrogens (tertiary/aromatic N) is 2. The summed E-state index contributed by atoms with van der Waals surface area (Å²) in [6.45, 7) is 1.60. The van der Waals surface area contributed by atoms with Crippen LogP contribution in [0.5, 0.6) is 0 Å². The first-order valence-corrected chi connectivity index (χ1v) is 13.1. The number of anilines is 1. The first-order valence-electron chi connectivity index (χ1n) is 10.8. The van der Waals surface area contributed by atoms with Crippen LogP contribution in [-0.2, 0) is 26.8 Å². The standard InChI is InChI=1S/C26H24BrN3O3S/c1-19-2-12-24(13-3-19)34(32,33)30(16-20-4-8-22(27)9-5-20)17-25(31)29-23-10-6-21(7-11-23)26(18-28)14-15-26/h2-13H,14-17H2,1H3,(H,29,31). The minimum atomic E-state index is -3.91. The van der Waals surface area contributed by atoms with Gasteiger partial charge in [0.2, 0.25) is 15.9 Å². The normalized spacial score (nSPS) is 14.4. The van der Waals surface area contributed by atoms with E-state index in [1.54, 1.807) is 36.4 Å². The monoisotopic (exact) mass is 537 g/mol. The summed E-state index contributed by atoms with van der Waals surface area (Å²) >= 11 is 3.38. The number of aryl methyl sites for hydroxylation is 1. The van der Waals surface area contributed by atoms with Crippen molar-refractivity contribution in [1.82, 2.24) is 4.31 Å². The van der Waals surface area contributed by atoms with Gasteiger partial charge in [0.1, 0.15) is 0 Å². The molecule has 3 aromatic carbocycles. The van der Waals surface area contributed by atoms with Gasteiger partial charge in [0.25, 0.3) is 0 Å². The molecule has 0 aliphatic heterocycles. The van der Waals surface area contributed by atoms with E-state index in [-0.39, 0.29) is 18.0 Å². The molecule has 1 aliphatic carbocycles. The number of carbonyl (C=O) groups is 1. The van der Waals surface area contributed by atoms with Gasteiger partial charge in [-0.05, 0) is 67.3 Å². The third-order valence-corrected chi connectivity index (χ3v) is 8.27. The first kappa shape index (κ1) is 24.1. The molecule has 1 saturated carbocycles. The highest BCUT2D eigenvalue weighted by Gasteiger charge is 2.44. The molecule has 34 heavy (non-hydrogen) atoms. The summed E-state index contributed by atoms with van der Waals surface area (Å²) in [5, 5.41) is 12.1. The molecular formula is C26H24BrN3O3S. The van der Waals surface area contributed by atoms with Crippen LogP contribution in [0.15, 0.2) is 82.2 Å². The fraction of sp³-hybridized carbons (Fsp3) is 0.231. The Balaban J connectivity index is 1.53. The minimum absolute atomic E-state index is 0.0561. The Kier molecular flexibility index (Phi) is 6.89. The van der Waals surface area contributed by atoms with Gasteiger partial charge in [-0.2, -0.15) is 9.57 Å². The Morgan fingerprint density at radius 2 is 1.65 bits per heavy atom. The van der Waals surface area contributed by atoms with Crippen LogP contribution in [0.3, 0.4) is 0 Å². The molecule has 0 aromatic heterocycles. The second kappa shape index (κ2) is 9.71. The number of sulfonamides is 1. The van der Waals surface area contributed by atoms with Gasteiger partial charge in [-0.1, -0.05) is 57.9 Å². The van der Waals surface area contributed by atoms with Gasteiger partial charge in [0.15, 0.2) is 0 Å². The summed E-state index contributed by atoms with van der Waals surface area (Å²) in [6, 6.07) is 23.4. The van der Waals surface area contributed by atoms with E-state index in [1.807, 2.05) is 43.3 Å². The average molecular weight is 538 g/mol. The molecule has 0 spiro atoms. The summed E-state index contributed by atoms with van der Waals surface area (Å²) in [6.07, 6.45) is 1.69. The number of benzene rings is 3. The molecule has 0 radical (unpaired) electrons. The number of nitrogens with one attached hydrogen (secondary N) is 1. The van der Waals surface area contributed by atoms with Gasteiger partial charge in [0.05, 0.1) is 22.9 Å². The van der Waals surface area contributed by atoms with Crippen molar-refractivity contribution in [2.45, 2.75) is 36.6 Å². The van der Waals surface area contributed by atoms with E-state index in [0.717, 1.165) is 34.0 Å². The van der Waals surface area contributed by atoms with E-state index in [9.17, 15) is 18.5 Å². The van der Waals surface area contributed by atoms with Gasteiger partial charge in [-0.25, -0.2) is 8.42 Å². The molecule has 1 N–H and O–H groups in total. The highest BCUT2D eigenvalue weighted by atomic mass is 79.9. The van der Waals surface area contributed by atoms with Crippen LogP contribution in [-0.4, -0.2) is 25.2 Å². The number of carbonyl (C=O) groups excluding carboxylic acids is 1. The lowest BCUT2D eigenvalue weighted by Gasteiger charge is -2.22. The van der Waals surface area contributed by atoms with Gasteiger partial charge in [-0.15, -0.1) is 0 Å². The van der Waals surface area contributed by atoms with Crippen molar-refractivity contribution >= 4 is 37.5 Å². The van der Waals surface area contributed by atoms with Crippen molar-refractivity contribution in [1.29, 1.82) is 5.26 Å². The molecule has 8 heteroatoms. The summed E-state index contributed by atoms with van der Waals surface area (Å²) in [5.74, 6) is -0.443. The Hall–Kier alpha value is -2.99. The molecule has 1 amide bonds. The summed E-state index contributed by atoms with van der Waals surface area (Å²) in [7, 11) is -3.91. The summed E-state index contributed by atoms with van der Waals surface area (Å²) < 4.78 is 28.9. The van der Waals surface area contributed by atoms with Crippen LogP contribution in [0, 0.1) is 18.3 Å². The predicted molar refractivity (Wildman–Crippen MR) is 135 cm³/mol. The Labute approximate surface area is 208 Å². The molecule has 6 nitrogen and oxygen atoms in total. The maximum Gasteiger partial charge on any atom is 0.243 e. The molecule has 174 valence electrons. The van der Waals surface area contributed by atoms with Crippen molar-refractivity contribution in [3.8, 4) is 6.07 Å². The van der Waals surface area contributed by atoms with Gasteiger partial charge >= 0.3 is 0 Å². The van der Waals surface area contributed by atoms with Crippen molar-refractivity contribution in [2.24, 2.45) is 0 Å². The quantitative estimate of drug-likeness (QED) is 0.430. The molecule has 0 bridgehead atoms. The lowest BCUT2D eigenvalue weighted by atomic mass is 9.98. The molecule has 1 aliphatic rings. The van der Waals surface area contributed by atoms with E-state index in [0.29, 0.717) is 5.69 Å². The van der Waals surface area contributed by atoms with Crippen LogP contribution in [0.4, 0.5) is 5.69 Å². The van der Waals surface area contributed by atoms with Gasteiger partial charge < -0.3 is 5.32 Å². The maximum absolute atomic E-state index is 13.4. The van der Waals surface area contributed by atoms with Crippen LogP contribution in [0.25, 0.3) is 0 Å². The van der Waals surface area contributed by atoms with E-state index >= 15 is 0 Å². The fourth-order valence-electron chi connectivity index (χ4n) is 3.70. The highest BCUT2D eigenvalue weighted by molar-refractivity contribution is 9.10. The van der Waals surface area contributed by atoms with Crippen molar-refractivity contribution in [2.75, 3.05) is 11.9 Å². The lowest BCUT2D eigenvalue weighted by molar-refractivity contribution is -0.116. The van der Waals surface area contributed by atoms with E-state index < -0.39 is 21.3 Å². The number of hydrogen-bond acceptors (Lipinski definition) is 4. The second-order valence-electron chi connectivity index (χ2n) is 8.53. The number of rotatable bonds is 8. The average Bonchev–Trinajstić information content (AvgIpc) is 3.62. The number of hydrogen-bond donors (Lipinski definition) is 1. The van der Waals surface area contributed by atoms with Crippen LogP contribution < -0.4 is 5.32 Å². The minimum Gasteiger partial charge on any atom is -0.325 e. The SMILES string of the molecule is Cc1ccc(S(=O)(=O)N(CC(=O)Nc2ccc(C3(C#N)CC3)cc2)Cc2ccc(Br)cc2)cc1. The molecule has 3 aromatic rings. The molecule has 0 atom stereocenters. The lowest BCUT2D eigenvalue weighted by Crippen LogP contribution is -2.37. The van der Waals surface area contributed by atoms with E-state index in [1.165, 1.54) is 4.31 Å². The number of halogens is 1. The highest BCUT2D eigenvalue weighted by Crippen LogP contribution is 2.47. The predicted octanol–water partition coefficient (Wildman–Crippen LogP) is 5.14. The topological polar surface area (TPSA) is 90.3 Å². The Morgan fingerprint density at radius 1 is 1.03 bits per heavy atom. The van der Waals surface area contributed by atoms with E-state index in [2.05, 4.69) is 27.3 Å². The second-order valence-corrected chi connectivity index (χ2v) is 11.4. The zero-order chi connectivity index (χ0) is 24.3. The van der Waals surface area contributed by atoms with Gasteiger partial charge in [0, 0.05) is 16.7 Å². The molecular weight excluding hydrogens is 514 g/mol. The van der Waals surface area contributed by atoms with Crippen LogP contribution in [0.1, 0.15) is 29.5 Å². The largest absolute Gasteiger partial charge is 0.325 e. The molecule has 4 rings (SSSR count). The summed E-state index contributed by atoms with van der Waals surface area (Å²) in [4.78, 5) is 13.0. The molecule has 0 heterocycles. The zero-order valence-corrected chi connectivity index (χ0v) is 21.1. The third-order valence-electron chi connectivity index (χ3n) is 5.94. The van der Waals surface area contributed by atoms with Crippen LogP contribution in [0.2, 0.25) is 0 Å². The molecule has 1 fully saturated rings. The van der Waals surface area contributed by atoms with Crippen molar-refractivity contribution < 1.29 is 13.2 Å². The Bertz CT molecular complexity index is 1330. The van der Waals surface area contributed by atoms with Gasteiger partial charge in [-0.3, -0.25) is 4.79 Å². The first-order chi connectivity index (χ1) is 16.2. The molecule has 0 saturated heterocycles. The smallest absolute Gasteiger partial charge is 0.243 e. The number of nitriles is 1. The zero-order valence-electron chi connectivity index (χ0n) is 18.7. The third kappa shape index (κ3) is 5.39. The maximum atomic E-state index is 13.4. The van der Waals surface area contributed by atoms with E-state index in [4.69, 9.17) is 0 Å². The van der Waals surface area contributed by atoms with Crippen molar-refractivity contribution in [3.05, 3.63) is 94.0 Å². The fourth-order valence-corrected chi connectivity index (χ4v) is 5.35. The van der Waals surface area contributed by atoms with Crippen LogP contribution >= 0.6 is 15.9 Å². The molecule has 0 unspecified atom stereocenters. The van der Waals surface area contributed by atoms with Crippen molar-refractivity contribution in [3.63, 3.8) is 0 Å². The Morgan fingerprint density at radius 3 is 2.21 bits per heavy atom. The number of amides is 1.